The number of aliphatic hydroxyl groups is 1. The predicted molar refractivity (Wildman–Crippen MR) is 89.1 cm³/mol. The highest BCUT2D eigenvalue weighted by atomic mass is 16.5. The molecule has 0 saturated carbocycles. The van der Waals surface area contributed by atoms with Crippen molar-refractivity contribution < 1.29 is 14.6 Å². The number of ether oxygens (including phenoxy) is 1. The summed E-state index contributed by atoms with van der Waals surface area (Å²) in [6.45, 7) is 8.43. The number of benzene rings is 1. The van der Waals surface area contributed by atoms with Crippen molar-refractivity contribution in [2.24, 2.45) is 11.3 Å². The Kier molecular flexibility index (Phi) is 6.68. The molecule has 1 rings (SSSR count). The van der Waals surface area contributed by atoms with Gasteiger partial charge in [0.25, 0.3) is 0 Å². The maximum atomic E-state index is 12.0. The van der Waals surface area contributed by atoms with E-state index in [1.165, 1.54) is 0 Å². The van der Waals surface area contributed by atoms with E-state index in [0.29, 0.717) is 12.3 Å². The number of aliphatic hydroxyl groups excluding tert-OH is 1. The molecule has 0 spiro atoms. The number of methoxy groups -OCH3 is 1. The van der Waals surface area contributed by atoms with E-state index >= 15 is 0 Å². The van der Waals surface area contributed by atoms with Crippen LogP contribution >= 0.6 is 0 Å². The molecule has 22 heavy (non-hydrogen) atoms. The zero-order chi connectivity index (χ0) is 16.8. The minimum absolute atomic E-state index is 0.116. The van der Waals surface area contributed by atoms with Gasteiger partial charge in [0.1, 0.15) is 5.75 Å². The average molecular weight is 308 g/mol. The summed E-state index contributed by atoms with van der Waals surface area (Å²) in [5.74, 6) is 0.736. The van der Waals surface area contributed by atoms with Gasteiger partial charge < -0.3 is 20.5 Å². The second kappa shape index (κ2) is 8.03. The molecule has 0 aliphatic carbocycles. The third-order valence-corrected chi connectivity index (χ3v) is 3.72. The molecule has 1 amide bonds. The van der Waals surface area contributed by atoms with Crippen molar-refractivity contribution in [1.29, 1.82) is 0 Å². The Bertz CT molecular complexity index is 487. The lowest BCUT2D eigenvalue weighted by molar-refractivity contribution is -0.120. The number of hydrogen-bond donors (Lipinski definition) is 3. The van der Waals surface area contributed by atoms with E-state index in [4.69, 9.17) is 4.74 Å². The molecule has 0 fully saturated rings. The Balaban J connectivity index is 2.47. The number of carbonyl (C=O) groups is 1. The molecule has 1 unspecified atom stereocenters. The van der Waals surface area contributed by atoms with Gasteiger partial charge in [-0.2, -0.15) is 0 Å². The number of para-hydroxylation sites is 2. The smallest absolute Gasteiger partial charge is 0.239 e. The Morgan fingerprint density at radius 2 is 1.95 bits per heavy atom. The van der Waals surface area contributed by atoms with Gasteiger partial charge >= 0.3 is 0 Å². The third-order valence-electron chi connectivity index (χ3n) is 3.72. The largest absolute Gasteiger partial charge is 0.495 e. The van der Waals surface area contributed by atoms with E-state index in [9.17, 15) is 9.90 Å². The standard InChI is InChI=1S/C17H28N2O3/c1-12(2)16(21)17(3,4)11-19-15(20)10-18-13-8-6-7-9-14(13)22-5/h6-9,12,16,18,21H,10-11H2,1-5H3,(H,19,20). The second-order valence-corrected chi connectivity index (χ2v) is 6.51. The summed E-state index contributed by atoms with van der Waals surface area (Å²) in [6.07, 6.45) is -0.463. The molecule has 0 saturated heterocycles. The first-order chi connectivity index (χ1) is 10.3. The summed E-state index contributed by atoms with van der Waals surface area (Å²) < 4.78 is 5.22. The highest BCUT2D eigenvalue weighted by Gasteiger charge is 2.30. The van der Waals surface area contributed by atoms with E-state index in [1.807, 2.05) is 52.0 Å². The Morgan fingerprint density at radius 1 is 1.32 bits per heavy atom. The van der Waals surface area contributed by atoms with Crippen LogP contribution in [0.15, 0.2) is 24.3 Å². The van der Waals surface area contributed by atoms with Gasteiger partial charge in [-0.3, -0.25) is 4.79 Å². The van der Waals surface area contributed by atoms with Crippen molar-refractivity contribution in [3.63, 3.8) is 0 Å². The van der Waals surface area contributed by atoms with Crippen molar-refractivity contribution in [3.8, 4) is 5.75 Å². The maximum Gasteiger partial charge on any atom is 0.239 e. The zero-order valence-corrected chi connectivity index (χ0v) is 14.1. The lowest BCUT2D eigenvalue weighted by Gasteiger charge is -2.33. The normalized spacial score (nSPS) is 12.9. The van der Waals surface area contributed by atoms with Gasteiger partial charge in [0.05, 0.1) is 25.4 Å². The topological polar surface area (TPSA) is 70.6 Å². The summed E-state index contributed by atoms with van der Waals surface area (Å²) in [5, 5.41) is 16.1. The Hall–Kier alpha value is -1.75. The number of hydrogen-bond acceptors (Lipinski definition) is 4. The van der Waals surface area contributed by atoms with E-state index in [1.54, 1.807) is 7.11 Å². The van der Waals surface area contributed by atoms with Gasteiger partial charge in [-0.1, -0.05) is 39.8 Å². The van der Waals surface area contributed by atoms with Gasteiger partial charge in [-0.15, -0.1) is 0 Å². The van der Waals surface area contributed by atoms with Gasteiger partial charge in [-0.25, -0.2) is 0 Å². The van der Waals surface area contributed by atoms with E-state index < -0.39 is 6.10 Å². The molecule has 1 atom stereocenters. The van der Waals surface area contributed by atoms with Gasteiger partial charge in [0, 0.05) is 12.0 Å². The van der Waals surface area contributed by atoms with Crippen LogP contribution in [0.4, 0.5) is 5.69 Å². The summed E-state index contributed by atoms with van der Waals surface area (Å²) >= 11 is 0. The third kappa shape index (κ3) is 5.22. The molecule has 3 N–H and O–H groups in total. The molecule has 0 heterocycles. The van der Waals surface area contributed by atoms with Crippen LogP contribution in [0.3, 0.4) is 0 Å². The fourth-order valence-corrected chi connectivity index (χ4v) is 2.36. The highest BCUT2D eigenvalue weighted by molar-refractivity contribution is 5.81. The van der Waals surface area contributed by atoms with Crippen LogP contribution in [0.1, 0.15) is 27.7 Å². The average Bonchev–Trinajstić information content (AvgIpc) is 2.50. The minimum atomic E-state index is -0.463. The monoisotopic (exact) mass is 308 g/mol. The molecule has 1 aromatic rings. The molecule has 0 aromatic heterocycles. The molecular formula is C17H28N2O3. The van der Waals surface area contributed by atoms with Gasteiger partial charge in [-0.05, 0) is 18.1 Å². The quantitative estimate of drug-likeness (QED) is 0.689. The summed E-state index contributed by atoms with van der Waals surface area (Å²) in [4.78, 5) is 12.0. The Morgan fingerprint density at radius 3 is 2.55 bits per heavy atom. The van der Waals surface area contributed by atoms with Crippen LogP contribution in [0.25, 0.3) is 0 Å². The molecular weight excluding hydrogens is 280 g/mol. The van der Waals surface area contributed by atoms with Crippen LogP contribution in [-0.2, 0) is 4.79 Å². The Labute approximate surface area is 133 Å². The van der Waals surface area contributed by atoms with Gasteiger partial charge in [0.15, 0.2) is 0 Å². The fourth-order valence-electron chi connectivity index (χ4n) is 2.36. The minimum Gasteiger partial charge on any atom is -0.495 e. The molecule has 124 valence electrons. The summed E-state index contributed by atoms with van der Waals surface area (Å²) in [7, 11) is 1.59. The highest BCUT2D eigenvalue weighted by Crippen LogP contribution is 2.25. The van der Waals surface area contributed by atoms with E-state index in [-0.39, 0.29) is 23.8 Å². The fraction of sp³-hybridized carbons (Fsp3) is 0.588. The molecule has 5 heteroatoms. The number of carbonyl (C=O) groups excluding carboxylic acids is 1. The van der Waals surface area contributed by atoms with Crippen LogP contribution in [0, 0.1) is 11.3 Å². The maximum absolute atomic E-state index is 12.0. The van der Waals surface area contributed by atoms with Crippen molar-refractivity contribution in [2.75, 3.05) is 25.5 Å². The SMILES string of the molecule is COc1ccccc1NCC(=O)NCC(C)(C)C(O)C(C)C. The predicted octanol–water partition coefficient (Wildman–Crippen LogP) is 2.27. The molecule has 0 aliphatic heterocycles. The molecule has 0 aliphatic rings. The zero-order valence-electron chi connectivity index (χ0n) is 14.1. The first-order valence-electron chi connectivity index (χ1n) is 7.59. The first kappa shape index (κ1) is 18.3. The lowest BCUT2D eigenvalue weighted by atomic mass is 9.81. The molecule has 1 aromatic carbocycles. The molecule has 0 radical (unpaired) electrons. The van der Waals surface area contributed by atoms with Crippen LogP contribution in [-0.4, -0.2) is 37.3 Å². The number of anilines is 1. The molecule has 5 nitrogen and oxygen atoms in total. The summed E-state index contributed by atoms with van der Waals surface area (Å²) in [5.41, 5.74) is 0.412. The number of nitrogens with one attached hydrogen (secondary N) is 2. The summed E-state index contributed by atoms with van der Waals surface area (Å²) in [6, 6.07) is 7.45. The lowest BCUT2D eigenvalue weighted by Crippen LogP contribution is -2.44. The van der Waals surface area contributed by atoms with Crippen molar-refractivity contribution in [1.82, 2.24) is 5.32 Å². The van der Waals surface area contributed by atoms with Gasteiger partial charge in [0.2, 0.25) is 5.91 Å². The van der Waals surface area contributed by atoms with Crippen molar-refractivity contribution in [3.05, 3.63) is 24.3 Å². The van der Waals surface area contributed by atoms with Crippen LogP contribution in [0.2, 0.25) is 0 Å². The number of rotatable bonds is 8. The van der Waals surface area contributed by atoms with E-state index in [2.05, 4.69) is 10.6 Å². The van der Waals surface area contributed by atoms with E-state index in [0.717, 1.165) is 5.69 Å². The second-order valence-electron chi connectivity index (χ2n) is 6.51. The molecule has 0 bridgehead atoms. The van der Waals surface area contributed by atoms with Crippen LogP contribution in [0.5, 0.6) is 5.75 Å². The van der Waals surface area contributed by atoms with Crippen molar-refractivity contribution in [2.45, 2.75) is 33.8 Å². The first-order valence-corrected chi connectivity index (χ1v) is 7.59. The number of amides is 1. The van der Waals surface area contributed by atoms with Crippen molar-refractivity contribution >= 4 is 11.6 Å². The van der Waals surface area contributed by atoms with Crippen LogP contribution < -0.4 is 15.4 Å².